The second-order valence-corrected chi connectivity index (χ2v) is 4.10. The Hall–Kier alpha value is -2.36. The topological polar surface area (TPSA) is 101 Å². The number of methoxy groups -OCH3 is 1. The van der Waals surface area contributed by atoms with E-state index in [9.17, 15) is 13.6 Å². The van der Waals surface area contributed by atoms with Crippen LogP contribution in [0.25, 0.3) is 0 Å². The maximum Gasteiger partial charge on any atom is 0.360 e. The second kappa shape index (κ2) is 6.39. The molecule has 0 aliphatic rings. The number of nitrogens with two attached hydrogens (primary N) is 1. The van der Waals surface area contributed by atoms with Crippen molar-refractivity contribution in [1.29, 1.82) is 0 Å². The molecule has 8 nitrogen and oxygen atoms in total. The van der Waals surface area contributed by atoms with Gasteiger partial charge in [-0.25, -0.2) is 14.5 Å². The van der Waals surface area contributed by atoms with Gasteiger partial charge in [0.2, 0.25) is 0 Å². The molecule has 2 aromatic rings. The normalized spacial score (nSPS) is 11.1. The SMILES string of the molecule is COC(=O)c1nnn(Cc2nccn2C(F)F)c1CCN. The first-order chi connectivity index (χ1) is 10.1. The smallest absolute Gasteiger partial charge is 0.360 e. The second-order valence-electron chi connectivity index (χ2n) is 4.10. The molecule has 0 radical (unpaired) electrons. The van der Waals surface area contributed by atoms with Crippen LogP contribution >= 0.6 is 0 Å². The molecule has 0 aromatic carbocycles. The summed E-state index contributed by atoms with van der Waals surface area (Å²) in [5, 5.41) is 7.51. The van der Waals surface area contributed by atoms with Crippen LogP contribution in [-0.4, -0.2) is 44.2 Å². The number of alkyl halides is 2. The minimum absolute atomic E-state index is 0.0260. The van der Waals surface area contributed by atoms with Gasteiger partial charge in [-0.15, -0.1) is 5.10 Å². The van der Waals surface area contributed by atoms with Gasteiger partial charge in [0.15, 0.2) is 5.69 Å². The third kappa shape index (κ3) is 3.05. The number of hydrogen-bond donors (Lipinski definition) is 1. The first-order valence-corrected chi connectivity index (χ1v) is 6.09. The summed E-state index contributed by atoms with van der Waals surface area (Å²) in [4.78, 5) is 15.4. The number of ether oxygens (including phenoxy) is 1. The molecule has 2 N–H and O–H groups in total. The monoisotopic (exact) mass is 300 g/mol. The van der Waals surface area contributed by atoms with Crippen LogP contribution in [0.15, 0.2) is 12.4 Å². The lowest BCUT2D eigenvalue weighted by Gasteiger charge is -2.08. The highest BCUT2D eigenvalue weighted by atomic mass is 19.3. The van der Waals surface area contributed by atoms with Crippen molar-refractivity contribution in [3.8, 4) is 0 Å². The molecule has 0 amide bonds. The molecule has 21 heavy (non-hydrogen) atoms. The predicted octanol–water partition coefficient (Wildman–Crippen LogP) is 0.206. The van der Waals surface area contributed by atoms with Crippen molar-refractivity contribution in [2.75, 3.05) is 13.7 Å². The number of hydrogen-bond acceptors (Lipinski definition) is 6. The Morgan fingerprint density at radius 2 is 2.29 bits per heavy atom. The zero-order valence-corrected chi connectivity index (χ0v) is 11.2. The molecule has 0 bridgehead atoms. The van der Waals surface area contributed by atoms with Gasteiger partial charge in [-0.2, -0.15) is 8.78 Å². The van der Waals surface area contributed by atoms with Crippen LogP contribution in [0.3, 0.4) is 0 Å². The van der Waals surface area contributed by atoms with Crippen LogP contribution in [0.4, 0.5) is 8.78 Å². The lowest BCUT2D eigenvalue weighted by atomic mass is 10.2. The lowest BCUT2D eigenvalue weighted by molar-refractivity contribution is 0.0591. The number of nitrogens with zero attached hydrogens (tertiary/aromatic N) is 5. The van der Waals surface area contributed by atoms with Gasteiger partial charge >= 0.3 is 12.5 Å². The third-order valence-corrected chi connectivity index (χ3v) is 2.85. The fourth-order valence-corrected chi connectivity index (χ4v) is 1.88. The first kappa shape index (κ1) is 15.0. The van der Waals surface area contributed by atoms with Crippen LogP contribution < -0.4 is 5.73 Å². The Bertz CT molecular complexity index is 624. The average Bonchev–Trinajstić information content (AvgIpc) is 3.07. The molecule has 0 aliphatic carbocycles. The maximum absolute atomic E-state index is 12.8. The van der Waals surface area contributed by atoms with E-state index in [-0.39, 0.29) is 24.6 Å². The van der Waals surface area contributed by atoms with E-state index in [1.54, 1.807) is 0 Å². The molecule has 2 rings (SSSR count). The van der Waals surface area contributed by atoms with Crippen LogP contribution in [0.2, 0.25) is 0 Å². The summed E-state index contributed by atoms with van der Waals surface area (Å²) in [5.74, 6) is -0.550. The summed E-state index contributed by atoms with van der Waals surface area (Å²) in [7, 11) is 1.22. The Kier molecular flexibility index (Phi) is 4.58. The van der Waals surface area contributed by atoms with Gasteiger partial charge in [0.05, 0.1) is 12.8 Å². The van der Waals surface area contributed by atoms with E-state index >= 15 is 0 Å². The van der Waals surface area contributed by atoms with E-state index in [4.69, 9.17) is 5.73 Å². The minimum Gasteiger partial charge on any atom is -0.464 e. The van der Waals surface area contributed by atoms with Crippen molar-refractivity contribution in [3.05, 3.63) is 29.6 Å². The van der Waals surface area contributed by atoms with Crippen molar-refractivity contribution in [1.82, 2.24) is 24.5 Å². The molecule has 114 valence electrons. The average molecular weight is 300 g/mol. The quantitative estimate of drug-likeness (QED) is 0.765. The van der Waals surface area contributed by atoms with Gasteiger partial charge in [0.25, 0.3) is 0 Å². The number of carbonyl (C=O) groups excluding carboxylic acids is 1. The molecule has 0 atom stereocenters. The van der Waals surface area contributed by atoms with Crippen molar-refractivity contribution in [2.24, 2.45) is 5.73 Å². The number of imidazole rings is 1. The van der Waals surface area contributed by atoms with Gasteiger partial charge in [-0.3, -0.25) is 4.57 Å². The number of carbonyl (C=O) groups is 1. The zero-order chi connectivity index (χ0) is 15.4. The predicted molar refractivity (Wildman–Crippen MR) is 66.7 cm³/mol. The van der Waals surface area contributed by atoms with Crippen LogP contribution in [0.1, 0.15) is 28.6 Å². The summed E-state index contributed by atoms with van der Waals surface area (Å²) in [6.45, 7) is -2.50. The fourth-order valence-electron chi connectivity index (χ4n) is 1.88. The van der Waals surface area contributed by atoms with Crippen molar-refractivity contribution in [3.63, 3.8) is 0 Å². The van der Waals surface area contributed by atoms with E-state index in [0.717, 1.165) is 0 Å². The highest BCUT2D eigenvalue weighted by molar-refractivity contribution is 5.88. The Balaban J connectivity index is 2.33. The van der Waals surface area contributed by atoms with Gasteiger partial charge in [-0.1, -0.05) is 5.21 Å². The molecule has 10 heteroatoms. The standard InChI is InChI=1S/C11H14F2N6O2/c1-21-10(20)9-7(2-3-14)19(17-16-9)6-8-15-4-5-18(8)11(12)13/h4-5,11H,2-3,6,14H2,1H3. The van der Waals surface area contributed by atoms with Gasteiger partial charge < -0.3 is 10.5 Å². The van der Waals surface area contributed by atoms with Gasteiger partial charge in [-0.05, 0) is 6.54 Å². The van der Waals surface area contributed by atoms with Gasteiger partial charge in [0.1, 0.15) is 12.4 Å². The fraction of sp³-hybridized carbons (Fsp3) is 0.455. The maximum atomic E-state index is 12.8. The van der Waals surface area contributed by atoms with E-state index in [2.05, 4.69) is 20.0 Å². The highest BCUT2D eigenvalue weighted by Crippen LogP contribution is 2.15. The molecular formula is C11H14F2N6O2. The zero-order valence-electron chi connectivity index (χ0n) is 11.2. The Morgan fingerprint density at radius 3 is 2.90 bits per heavy atom. The molecule has 2 aromatic heterocycles. The highest BCUT2D eigenvalue weighted by Gasteiger charge is 2.21. The summed E-state index contributed by atoms with van der Waals surface area (Å²) < 4.78 is 32.2. The number of esters is 1. The van der Waals surface area contributed by atoms with Crippen LogP contribution in [-0.2, 0) is 17.7 Å². The molecule has 0 fully saturated rings. The molecule has 0 saturated carbocycles. The van der Waals surface area contributed by atoms with E-state index < -0.39 is 12.5 Å². The largest absolute Gasteiger partial charge is 0.464 e. The number of aromatic nitrogens is 5. The summed E-state index contributed by atoms with van der Waals surface area (Å²) in [5.41, 5.74) is 5.94. The van der Waals surface area contributed by atoms with E-state index in [1.807, 2.05) is 0 Å². The molecule has 0 saturated heterocycles. The molecule has 2 heterocycles. The molecule has 0 spiro atoms. The summed E-state index contributed by atoms with van der Waals surface area (Å²) in [6, 6.07) is 0. The van der Waals surface area contributed by atoms with Crippen LogP contribution in [0.5, 0.6) is 0 Å². The minimum atomic E-state index is -2.70. The van der Waals surface area contributed by atoms with Crippen molar-refractivity contribution < 1.29 is 18.3 Å². The van der Waals surface area contributed by atoms with Crippen molar-refractivity contribution >= 4 is 5.97 Å². The van der Waals surface area contributed by atoms with Crippen molar-refractivity contribution in [2.45, 2.75) is 19.5 Å². The Morgan fingerprint density at radius 1 is 1.52 bits per heavy atom. The van der Waals surface area contributed by atoms with Crippen LogP contribution in [0, 0.1) is 0 Å². The van der Waals surface area contributed by atoms with E-state index in [1.165, 1.54) is 24.2 Å². The van der Waals surface area contributed by atoms with E-state index in [0.29, 0.717) is 16.7 Å². The molecule has 0 aliphatic heterocycles. The number of halogens is 2. The summed E-state index contributed by atoms with van der Waals surface area (Å²) in [6.07, 6.45) is 2.75. The van der Waals surface area contributed by atoms with Gasteiger partial charge in [0, 0.05) is 18.8 Å². The summed E-state index contributed by atoms with van der Waals surface area (Å²) >= 11 is 0. The molecular weight excluding hydrogens is 286 g/mol. The lowest BCUT2D eigenvalue weighted by Crippen LogP contribution is -2.16. The number of rotatable bonds is 6. The molecule has 0 unspecified atom stereocenters. The first-order valence-electron chi connectivity index (χ1n) is 6.09. The third-order valence-electron chi connectivity index (χ3n) is 2.85. The Labute approximate surface area is 118 Å².